The lowest BCUT2D eigenvalue weighted by Gasteiger charge is -2.42. The van der Waals surface area contributed by atoms with E-state index in [1.807, 2.05) is 31.2 Å². The van der Waals surface area contributed by atoms with Crippen molar-refractivity contribution in [1.29, 1.82) is 0 Å². The van der Waals surface area contributed by atoms with E-state index in [1.54, 1.807) is 0 Å². The first-order valence-corrected chi connectivity index (χ1v) is 13.4. The molecule has 4 rings (SSSR count). The van der Waals surface area contributed by atoms with E-state index in [9.17, 15) is 31.4 Å². The number of rotatable bonds is 8. The van der Waals surface area contributed by atoms with Crippen molar-refractivity contribution >= 4 is 0 Å². The van der Waals surface area contributed by atoms with E-state index in [0.717, 1.165) is 42.0 Å². The maximum absolute atomic E-state index is 13.2. The SMILES string of the molecule is CC[C@@H](C)Oc1ccc(CN2CCC(C(O)(c3ccc(C(F)(F)F)cc3)c3ccc(C(F)(F)F)cc3)CC2)cc1. The number of likely N-dealkylation sites (tertiary alicyclic amines) is 1. The van der Waals surface area contributed by atoms with E-state index in [4.69, 9.17) is 4.74 Å². The average molecular weight is 566 g/mol. The number of hydrogen-bond acceptors (Lipinski definition) is 3. The summed E-state index contributed by atoms with van der Waals surface area (Å²) < 4.78 is 84.9. The smallest absolute Gasteiger partial charge is 0.416 e. The van der Waals surface area contributed by atoms with E-state index < -0.39 is 35.0 Å². The first-order valence-electron chi connectivity index (χ1n) is 13.4. The molecule has 0 saturated carbocycles. The van der Waals surface area contributed by atoms with Crippen LogP contribution in [0.25, 0.3) is 0 Å². The molecule has 1 atom stereocenters. The van der Waals surface area contributed by atoms with Crippen LogP contribution in [0.4, 0.5) is 26.3 Å². The van der Waals surface area contributed by atoms with Gasteiger partial charge in [0.25, 0.3) is 0 Å². The van der Waals surface area contributed by atoms with Gasteiger partial charge in [-0.15, -0.1) is 0 Å². The highest BCUT2D eigenvalue weighted by molar-refractivity contribution is 5.40. The van der Waals surface area contributed by atoms with Gasteiger partial charge in [-0.25, -0.2) is 0 Å². The number of halogens is 6. The molecule has 1 fully saturated rings. The fraction of sp³-hybridized carbons (Fsp3) is 0.419. The molecule has 0 amide bonds. The van der Waals surface area contributed by atoms with Crippen LogP contribution in [-0.4, -0.2) is 29.2 Å². The minimum atomic E-state index is -4.55. The van der Waals surface area contributed by atoms with E-state index in [0.29, 0.717) is 32.5 Å². The molecule has 1 aliphatic heterocycles. The lowest BCUT2D eigenvalue weighted by atomic mass is 9.71. The lowest BCUT2D eigenvalue weighted by Crippen LogP contribution is -2.44. The molecule has 1 heterocycles. The Labute approximate surface area is 230 Å². The van der Waals surface area contributed by atoms with Crippen LogP contribution in [0.1, 0.15) is 60.9 Å². The summed E-state index contributed by atoms with van der Waals surface area (Å²) in [6.45, 7) is 5.96. The van der Waals surface area contributed by atoms with E-state index >= 15 is 0 Å². The summed E-state index contributed by atoms with van der Waals surface area (Å²) in [5.41, 5.74) is -1.94. The highest BCUT2D eigenvalue weighted by atomic mass is 19.4. The van der Waals surface area contributed by atoms with E-state index in [2.05, 4.69) is 11.8 Å². The van der Waals surface area contributed by atoms with Gasteiger partial charge < -0.3 is 9.84 Å². The van der Waals surface area contributed by atoms with Crippen molar-refractivity contribution in [3.8, 4) is 5.75 Å². The molecule has 3 nitrogen and oxygen atoms in total. The summed E-state index contributed by atoms with van der Waals surface area (Å²) >= 11 is 0. The van der Waals surface area contributed by atoms with Crippen LogP contribution >= 0.6 is 0 Å². The summed E-state index contributed by atoms with van der Waals surface area (Å²) in [6.07, 6.45) is -7.05. The molecule has 0 bridgehead atoms. The minimum absolute atomic E-state index is 0.123. The molecule has 40 heavy (non-hydrogen) atoms. The molecule has 0 radical (unpaired) electrons. The molecule has 0 spiro atoms. The number of hydrogen-bond donors (Lipinski definition) is 1. The third kappa shape index (κ3) is 6.81. The maximum atomic E-state index is 13.2. The quantitative estimate of drug-likeness (QED) is 0.281. The Morgan fingerprint density at radius 2 is 1.18 bits per heavy atom. The number of benzene rings is 3. The molecule has 216 valence electrons. The summed E-state index contributed by atoms with van der Waals surface area (Å²) in [7, 11) is 0. The number of piperidine rings is 1. The molecule has 1 aliphatic rings. The van der Waals surface area contributed by atoms with Gasteiger partial charge in [-0.05, 0) is 98.3 Å². The largest absolute Gasteiger partial charge is 0.491 e. The molecular formula is C31H33F6NO2. The standard InChI is InChI=1S/C31H33F6NO2/c1-3-21(2)40-28-14-4-22(5-15-28)20-38-18-16-25(17-19-38)29(39,23-6-10-26(11-7-23)30(32,33)34)24-8-12-27(13-9-24)31(35,36)37/h4-15,21,25,39H,3,16-20H2,1-2H3/t21-/m1/s1. The van der Waals surface area contributed by atoms with Crippen molar-refractivity contribution in [1.82, 2.24) is 4.90 Å². The Morgan fingerprint density at radius 1 is 0.750 bits per heavy atom. The summed E-state index contributed by atoms with van der Waals surface area (Å²) in [5.74, 6) is 0.387. The predicted octanol–water partition coefficient (Wildman–Crippen LogP) is 8.05. The number of alkyl halides is 6. The van der Waals surface area contributed by atoms with Crippen molar-refractivity contribution in [2.24, 2.45) is 5.92 Å². The third-order valence-corrected chi connectivity index (χ3v) is 7.72. The van der Waals surface area contributed by atoms with Gasteiger partial charge in [0, 0.05) is 6.54 Å². The number of nitrogens with zero attached hydrogens (tertiary/aromatic N) is 1. The highest BCUT2D eigenvalue weighted by Crippen LogP contribution is 2.44. The molecule has 1 saturated heterocycles. The lowest BCUT2D eigenvalue weighted by molar-refractivity contribution is -0.138. The van der Waals surface area contributed by atoms with Gasteiger partial charge in [0.2, 0.25) is 0 Å². The summed E-state index contributed by atoms with van der Waals surface area (Å²) in [4.78, 5) is 2.22. The third-order valence-electron chi connectivity index (χ3n) is 7.72. The second-order valence-electron chi connectivity index (χ2n) is 10.4. The predicted molar refractivity (Wildman–Crippen MR) is 141 cm³/mol. The summed E-state index contributed by atoms with van der Waals surface area (Å²) in [6, 6.07) is 16.3. The zero-order valence-electron chi connectivity index (χ0n) is 22.4. The number of ether oxygens (including phenoxy) is 1. The van der Waals surface area contributed by atoms with Crippen molar-refractivity contribution in [3.63, 3.8) is 0 Å². The Hall–Kier alpha value is -3.04. The highest BCUT2D eigenvalue weighted by Gasteiger charge is 2.43. The van der Waals surface area contributed by atoms with Crippen molar-refractivity contribution in [2.75, 3.05) is 13.1 Å². The molecule has 3 aromatic carbocycles. The van der Waals surface area contributed by atoms with Gasteiger partial charge in [-0.3, -0.25) is 4.90 Å². The average Bonchev–Trinajstić information content (AvgIpc) is 2.93. The molecule has 0 aromatic heterocycles. The Bertz CT molecular complexity index is 1170. The van der Waals surface area contributed by atoms with E-state index in [1.165, 1.54) is 24.3 Å². The Balaban J connectivity index is 1.53. The van der Waals surface area contributed by atoms with Crippen molar-refractivity contribution in [2.45, 2.75) is 63.7 Å². The molecule has 9 heteroatoms. The van der Waals surface area contributed by atoms with Gasteiger partial charge in [0.1, 0.15) is 11.4 Å². The van der Waals surface area contributed by atoms with Gasteiger partial charge in [-0.2, -0.15) is 26.3 Å². The van der Waals surface area contributed by atoms with Gasteiger partial charge >= 0.3 is 12.4 Å². The molecule has 0 aliphatic carbocycles. The normalized spacial score (nSPS) is 16.6. The topological polar surface area (TPSA) is 32.7 Å². The Morgan fingerprint density at radius 3 is 1.57 bits per heavy atom. The minimum Gasteiger partial charge on any atom is -0.491 e. The molecule has 0 unspecified atom stereocenters. The van der Waals surface area contributed by atoms with Crippen LogP contribution in [0.5, 0.6) is 5.75 Å². The van der Waals surface area contributed by atoms with Crippen molar-refractivity contribution in [3.05, 3.63) is 101 Å². The first kappa shape index (κ1) is 29.9. The van der Waals surface area contributed by atoms with Crippen LogP contribution in [-0.2, 0) is 24.5 Å². The Kier molecular flexibility index (Phi) is 8.85. The van der Waals surface area contributed by atoms with Crippen LogP contribution in [0.15, 0.2) is 72.8 Å². The zero-order chi connectivity index (χ0) is 29.1. The second kappa shape index (κ2) is 11.8. The van der Waals surface area contributed by atoms with Crippen molar-refractivity contribution < 1.29 is 36.2 Å². The molecular weight excluding hydrogens is 532 g/mol. The fourth-order valence-corrected chi connectivity index (χ4v) is 5.22. The fourth-order valence-electron chi connectivity index (χ4n) is 5.22. The van der Waals surface area contributed by atoms with Gasteiger partial charge in [0.05, 0.1) is 17.2 Å². The maximum Gasteiger partial charge on any atom is 0.416 e. The van der Waals surface area contributed by atoms with Crippen LogP contribution in [0.2, 0.25) is 0 Å². The first-order chi connectivity index (χ1) is 18.8. The van der Waals surface area contributed by atoms with Crippen LogP contribution in [0, 0.1) is 5.92 Å². The second-order valence-corrected chi connectivity index (χ2v) is 10.4. The van der Waals surface area contributed by atoms with Crippen LogP contribution < -0.4 is 4.74 Å². The van der Waals surface area contributed by atoms with E-state index in [-0.39, 0.29) is 17.2 Å². The summed E-state index contributed by atoms with van der Waals surface area (Å²) in [5, 5.41) is 12.1. The monoisotopic (exact) mass is 565 g/mol. The van der Waals surface area contributed by atoms with Gasteiger partial charge in [0.15, 0.2) is 0 Å². The zero-order valence-corrected chi connectivity index (χ0v) is 22.4. The van der Waals surface area contributed by atoms with Crippen LogP contribution in [0.3, 0.4) is 0 Å². The molecule has 1 N–H and O–H groups in total. The number of aliphatic hydroxyl groups is 1. The molecule has 3 aromatic rings. The van der Waals surface area contributed by atoms with Gasteiger partial charge in [-0.1, -0.05) is 43.3 Å².